The van der Waals surface area contributed by atoms with Gasteiger partial charge in [0.15, 0.2) is 0 Å². The summed E-state index contributed by atoms with van der Waals surface area (Å²) >= 11 is 0. The first-order valence-corrected chi connectivity index (χ1v) is 9.24. The second-order valence-corrected chi connectivity index (χ2v) is 8.08. The van der Waals surface area contributed by atoms with Gasteiger partial charge in [0.2, 0.25) is 5.91 Å². The molecule has 3 aromatic rings. The van der Waals surface area contributed by atoms with Gasteiger partial charge in [-0.3, -0.25) is 14.5 Å². The zero-order chi connectivity index (χ0) is 20.1. The minimum atomic E-state index is -0.578. The predicted octanol–water partition coefficient (Wildman–Crippen LogP) is 2.75. The monoisotopic (exact) mass is 376 g/mol. The van der Waals surface area contributed by atoms with Gasteiger partial charge in [0.1, 0.15) is 11.3 Å². The Kier molecular flexibility index (Phi) is 4.18. The summed E-state index contributed by atoms with van der Waals surface area (Å²) in [6, 6.07) is 6.13. The molecule has 7 heteroatoms. The van der Waals surface area contributed by atoms with Crippen molar-refractivity contribution in [1.82, 2.24) is 19.7 Å². The van der Waals surface area contributed by atoms with Crippen molar-refractivity contribution in [2.24, 2.45) is 10.4 Å². The Morgan fingerprint density at radius 2 is 2.07 bits per heavy atom. The Morgan fingerprint density at radius 3 is 2.75 bits per heavy atom. The number of pyridine rings is 1. The number of nitrogens with two attached hydrogens (primary N) is 1. The lowest BCUT2D eigenvalue weighted by atomic mass is 9.92. The average molecular weight is 376 g/mol. The van der Waals surface area contributed by atoms with Crippen LogP contribution in [-0.2, 0) is 11.3 Å². The second kappa shape index (κ2) is 6.44. The van der Waals surface area contributed by atoms with Gasteiger partial charge in [-0.05, 0) is 43.2 Å². The molecule has 1 amide bonds. The SMILES string of the molecule is CN(C)C(=O)C(C)(C)Cn1cc2c(N)nc3cc(C4=CC=NC4)ccc3c2n1. The van der Waals surface area contributed by atoms with Crippen LogP contribution in [0.25, 0.3) is 27.4 Å². The number of nitrogens with zero attached hydrogens (tertiary/aromatic N) is 5. The Hall–Kier alpha value is -3.22. The number of carbonyl (C=O) groups is 1. The largest absolute Gasteiger partial charge is 0.383 e. The van der Waals surface area contributed by atoms with Crippen LogP contribution in [0, 0.1) is 5.41 Å². The minimum Gasteiger partial charge on any atom is -0.383 e. The number of amides is 1. The molecule has 0 unspecified atom stereocenters. The molecule has 1 aliphatic heterocycles. The normalized spacial score (nSPS) is 14.1. The molecule has 2 N–H and O–H groups in total. The standard InChI is InChI=1S/C21H24N6O/c1-21(2,20(28)26(3)4)12-27-11-16-18(25-27)15-6-5-13(14-7-8-23-10-14)9-17(15)24-19(16)22/h5-9,11H,10,12H2,1-4H3,(H2,22,24). The van der Waals surface area contributed by atoms with Crippen molar-refractivity contribution in [2.45, 2.75) is 20.4 Å². The molecule has 0 fully saturated rings. The molecule has 2 aromatic heterocycles. The Bertz CT molecular complexity index is 1150. The molecular weight excluding hydrogens is 352 g/mol. The number of anilines is 1. The summed E-state index contributed by atoms with van der Waals surface area (Å²) in [7, 11) is 3.53. The molecule has 28 heavy (non-hydrogen) atoms. The maximum Gasteiger partial charge on any atom is 0.229 e. The molecule has 0 saturated heterocycles. The predicted molar refractivity (Wildman–Crippen MR) is 113 cm³/mol. The van der Waals surface area contributed by atoms with Crippen molar-refractivity contribution in [2.75, 3.05) is 26.4 Å². The van der Waals surface area contributed by atoms with Crippen LogP contribution in [0.1, 0.15) is 19.4 Å². The smallest absolute Gasteiger partial charge is 0.229 e. The van der Waals surface area contributed by atoms with Gasteiger partial charge in [-0.25, -0.2) is 4.98 Å². The number of fused-ring (bicyclic) bond motifs is 3. The van der Waals surface area contributed by atoms with E-state index in [1.54, 1.807) is 23.7 Å². The maximum absolute atomic E-state index is 12.5. The minimum absolute atomic E-state index is 0.0553. The molecule has 1 aromatic carbocycles. The van der Waals surface area contributed by atoms with Gasteiger partial charge in [-0.2, -0.15) is 5.10 Å². The Balaban J connectivity index is 1.77. The Morgan fingerprint density at radius 1 is 1.29 bits per heavy atom. The van der Waals surface area contributed by atoms with E-state index in [2.05, 4.69) is 16.0 Å². The zero-order valence-electron chi connectivity index (χ0n) is 16.6. The fraction of sp³-hybridized carbons (Fsp3) is 0.333. The van der Waals surface area contributed by atoms with Gasteiger partial charge < -0.3 is 10.6 Å². The summed E-state index contributed by atoms with van der Waals surface area (Å²) in [5.74, 6) is 0.499. The number of rotatable bonds is 4. The van der Waals surface area contributed by atoms with Crippen LogP contribution < -0.4 is 5.73 Å². The van der Waals surface area contributed by atoms with E-state index in [1.165, 1.54) is 0 Å². The second-order valence-electron chi connectivity index (χ2n) is 8.08. The number of nitrogen functional groups attached to an aromatic ring is 1. The van der Waals surface area contributed by atoms with Crippen LogP contribution in [0.3, 0.4) is 0 Å². The van der Waals surface area contributed by atoms with Gasteiger partial charge in [0.05, 0.1) is 29.4 Å². The van der Waals surface area contributed by atoms with Crippen molar-refractivity contribution in [3.05, 3.63) is 36.0 Å². The molecular formula is C21H24N6O. The lowest BCUT2D eigenvalue weighted by Gasteiger charge is -2.26. The molecule has 0 spiro atoms. The van der Waals surface area contributed by atoms with Crippen molar-refractivity contribution in [3.8, 4) is 0 Å². The number of aliphatic imine (C=N–C) groups is 1. The maximum atomic E-state index is 12.5. The number of allylic oxidation sites excluding steroid dienone is 1. The summed E-state index contributed by atoms with van der Waals surface area (Å²) in [6.45, 7) is 4.99. The number of benzene rings is 1. The molecule has 0 aliphatic carbocycles. The van der Waals surface area contributed by atoms with Gasteiger partial charge in [0.25, 0.3) is 0 Å². The third kappa shape index (κ3) is 3.02. The van der Waals surface area contributed by atoms with E-state index in [4.69, 9.17) is 10.8 Å². The molecule has 144 valence electrons. The fourth-order valence-electron chi connectivity index (χ4n) is 3.71. The molecule has 0 bridgehead atoms. The number of hydrogen-bond acceptors (Lipinski definition) is 5. The zero-order valence-corrected chi connectivity index (χ0v) is 16.6. The number of carbonyl (C=O) groups excluding carboxylic acids is 1. The van der Waals surface area contributed by atoms with Crippen LogP contribution >= 0.6 is 0 Å². The number of hydrogen-bond donors (Lipinski definition) is 1. The average Bonchev–Trinajstić information content (AvgIpc) is 3.30. The van der Waals surface area contributed by atoms with Crippen LogP contribution in [0.2, 0.25) is 0 Å². The molecule has 0 atom stereocenters. The topological polar surface area (TPSA) is 89.4 Å². The molecule has 1 aliphatic rings. The molecule has 4 rings (SSSR count). The van der Waals surface area contributed by atoms with Gasteiger partial charge in [-0.1, -0.05) is 6.07 Å². The van der Waals surface area contributed by atoms with Crippen LogP contribution in [0.5, 0.6) is 0 Å². The lowest BCUT2D eigenvalue weighted by Crippen LogP contribution is -2.39. The quantitative estimate of drug-likeness (QED) is 0.758. The van der Waals surface area contributed by atoms with Gasteiger partial charge in [-0.15, -0.1) is 0 Å². The molecule has 3 heterocycles. The summed E-state index contributed by atoms with van der Waals surface area (Å²) in [5.41, 5.74) is 9.52. The van der Waals surface area contributed by atoms with Gasteiger partial charge >= 0.3 is 0 Å². The van der Waals surface area contributed by atoms with Crippen LogP contribution in [-0.4, -0.2) is 52.4 Å². The van der Waals surface area contributed by atoms with E-state index in [1.807, 2.05) is 44.5 Å². The summed E-state index contributed by atoms with van der Waals surface area (Å²) in [4.78, 5) is 22.9. The highest BCUT2D eigenvalue weighted by Crippen LogP contribution is 2.30. The van der Waals surface area contributed by atoms with Crippen molar-refractivity contribution in [1.29, 1.82) is 0 Å². The summed E-state index contributed by atoms with van der Waals surface area (Å²) < 4.78 is 1.80. The summed E-state index contributed by atoms with van der Waals surface area (Å²) in [5, 5.41) is 6.49. The Labute approximate surface area is 163 Å². The first kappa shape index (κ1) is 18.2. The molecule has 7 nitrogen and oxygen atoms in total. The highest BCUT2D eigenvalue weighted by molar-refractivity contribution is 6.08. The van der Waals surface area contributed by atoms with Gasteiger partial charge in [0, 0.05) is 31.9 Å². The lowest BCUT2D eigenvalue weighted by molar-refractivity contribution is -0.138. The third-order valence-electron chi connectivity index (χ3n) is 5.09. The van der Waals surface area contributed by atoms with E-state index < -0.39 is 5.41 Å². The molecule has 0 radical (unpaired) electrons. The highest BCUT2D eigenvalue weighted by Gasteiger charge is 2.30. The van der Waals surface area contributed by atoms with E-state index in [-0.39, 0.29) is 5.91 Å². The van der Waals surface area contributed by atoms with Crippen molar-refractivity contribution < 1.29 is 4.79 Å². The number of aromatic nitrogens is 3. The van der Waals surface area contributed by atoms with Crippen molar-refractivity contribution >= 4 is 45.3 Å². The van der Waals surface area contributed by atoms with Crippen molar-refractivity contribution in [3.63, 3.8) is 0 Å². The van der Waals surface area contributed by atoms with E-state index in [9.17, 15) is 4.79 Å². The third-order valence-corrected chi connectivity index (χ3v) is 5.09. The highest BCUT2D eigenvalue weighted by atomic mass is 16.2. The first-order valence-electron chi connectivity index (χ1n) is 9.24. The van der Waals surface area contributed by atoms with E-state index in [0.29, 0.717) is 18.9 Å². The molecule has 0 saturated carbocycles. The summed E-state index contributed by atoms with van der Waals surface area (Å²) in [6.07, 6.45) is 5.72. The van der Waals surface area contributed by atoms with E-state index in [0.717, 1.165) is 32.9 Å². The van der Waals surface area contributed by atoms with Crippen LogP contribution in [0.4, 0.5) is 5.82 Å². The first-order chi connectivity index (χ1) is 13.3. The van der Waals surface area contributed by atoms with E-state index >= 15 is 0 Å². The van der Waals surface area contributed by atoms with Crippen LogP contribution in [0.15, 0.2) is 35.5 Å². The fourth-order valence-corrected chi connectivity index (χ4v) is 3.71.